The molecule has 2 nitrogen and oxygen atoms in total. The molecule has 0 unspecified atom stereocenters. The van der Waals surface area contributed by atoms with E-state index in [0.29, 0.717) is 41.7 Å². The lowest BCUT2D eigenvalue weighted by molar-refractivity contribution is -0.209. The maximum atomic E-state index is 13.3. The number of rotatable bonds is 2. The van der Waals surface area contributed by atoms with E-state index in [1.807, 2.05) is 0 Å². The maximum absolute atomic E-state index is 13.3. The number of allylic oxidation sites excluding steroid dienone is 3. The molecule has 5 rings (SSSR count). The normalized spacial score (nSPS) is 48.8. The maximum Gasteiger partial charge on any atom is 0.160 e. The fraction of sp³-hybridized carbons (Fsp3) is 0.806. The Morgan fingerprint density at radius 3 is 2.21 bits per heavy atom. The standard InChI is InChI=1S/C31H46O2/c1-9-31-17-16-29(7)20(26(31)25(19(2)3)21(32)18-31)10-11-23-28(6)14-13-24(33)27(4,5)22(28)12-15-30(23,29)8/h9,19-20,22-23H,1,10-18H2,2-8H3/t20-,22+,23-,28+,29-,30-,31+/m1/s1. The Labute approximate surface area is 202 Å². The van der Waals surface area contributed by atoms with E-state index in [0.717, 1.165) is 24.8 Å². The minimum atomic E-state index is -0.193. The highest BCUT2D eigenvalue weighted by Crippen LogP contribution is 2.76. The van der Waals surface area contributed by atoms with Crippen LogP contribution >= 0.6 is 0 Å². The number of Topliss-reactive ketones (excluding diaryl/α,β-unsaturated/α-hetero) is 2. The molecule has 0 aromatic rings. The average molecular weight is 451 g/mol. The van der Waals surface area contributed by atoms with Crippen molar-refractivity contribution in [2.45, 2.75) is 106 Å². The molecule has 0 aliphatic heterocycles. The Morgan fingerprint density at radius 1 is 0.879 bits per heavy atom. The summed E-state index contributed by atoms with van der Waals surface area (Å²) in [7, 11) is 0. The second-order valence-electron chi connectivity index (χ2n) is 14.2. The van der Waals surface area contributed by atoms with Crippen LogP contribution in [0.5, 0.6) is 0 Å². The van der Waals surface area contributed by atoms with Crippen LogP contribution in [0.1, 0.15) is 106 Å². The first-order valence-corrected chi connectivity index (χ1v) is 13.7. The number of ketones is 2. The SMILES string of the molecule is C=C[C@@]12CC[C@]3(C)[C@H](CC[C@@H]4[C@@]5(C)CCC(=O)C(C)(C)[C@@H]5CC[C@]43C)C1=C(C(C)C)C(=O)C2. The second-order valence-corrected chi connectivity index (χ2v) is 14.2. The molecule has 0 heterocycles. The average Bonchev–Trinajstić information content (AvgIpc) is 3.04. The van der Waals surface area contributed by atoms with Gasteiger partial charge in [-0.25, -0.2) is 0 Å². The Bertz CT molecular complexity index is 952. The summed E-state index contributed by atoms with van der Waals surface area (Å²) in [5.41, 5.74) is 3.07. The molecule has 4 fully saturated rings. The highest BCUT2D eigenvalue weighted by molar-refractivity contribution is 6.01. The smallest absolute Gasteiger partial charge is 0.160 e. The molecular weight excluding hydrogens is 404 g/mol. The number of carbonyl (C=O) groups excluding carboxylic acids is 2. The predicted molar refractivity (Wildman–Crippen MR) is 135 cm³/mol. The van der Waals surface area contributed by atoms with Crippen molar-refractivity contribution in [3.8, 4) is 0 Å². The van der Waals surface area contributed by atoms with Crippen molar-refractivity contribution in [2.75, 3.05) is 0 Å². The van der Waals surface area contributed by atoms with Gasteiger partial charge >= 0.3 is 0 Å². The molecular formula is C31H46O2. The first-order chi connectivity index (χ1) is 15.3. The van der Waals surface area contributed by atoms with Gasteiger partial charge in [-0.1, -0.05) is 54.5 Å². The van der Waals surface area contributed by atoms with E-state index >= 15 is 0 Å². The minimum absolute atomic E-state index is 0.0928. The van der Waals surface area contributed by atoms with Crippen molar-refractivity contribution in [1.29, 1.82) is 0 Å². The molecule has 0 aromatic heterocycles. The molecule has 0 N–H and O–H groups in total. The van der Waals surface area contributed by atoms with Crippen LogP contribution in [0, 0.1) is 50.7 Å². The van der Waals surface area contributed by atoms with E-state index in [1.165, 1.54) is 37.7 Å². The monoisotopic (exact) mass is 450 g/mol. The molecule has 4 saturated carbocycles. The summed E-state index contributed by atoms with van der Waals surface area (Å²) >= 11 is 0. The van der Waals surface area contributed by atoms with Crippen LogP contribution in [0.15, 0.2) is 23.8 Å². The number of fused-ring (bicyclic) bond motifs is 7. The third-order valence-electron chi connectivity index (χ3n) is 12.6. The first kappa shape index (κ1) is 23.6. The van der Waals surface area contributed by atoms with E-state index in [4.69, 9.17) is 0 Å². The van der Waals surface area contributed by atoms with Crippen molar-refractivity contribution in [3.63, 3.8) is 0 Å². The third kappa shape index (κ3) is 2.68. The van der Waals surface area contributed by atoms with E-state index in [1.54, 1.807) is 0 Å². The quantitative estimate of drug-likeness (QED) is 0.403. The van der Waals surface area contributed by atoms with Crippen LogP contribution in [-0.2, 0) is 9.59 Å². The summed E-state index contributed by atoms with van der Waals surface area (Å²) in [6.07, 6.45) is 11.7. The zero-order chi connectivity index (χ0) is 24.2. The summed E-state index contributed by atoms with van der Waals surface area (Å²) in [5.74, 6) is 2.82. The van der Waals surface area contributed by atoms with Gasteiger partial charge < -0.3 is 0 Å². The molecule has 0 amide bonds. The molecule has 5 aliphatic carbocycles. The van der Waals surface area contributed by atoms with E-state index in [-0.39, 0.29) is 27.1 Å². The minimum Gasteiger partial charge on any atom is -0.299 e. The van der Waals surface area contributed by atoms with Crippen molar-refractivity contribution < 1.29 is 9.59 Å². The second kappa shape index (κ2) is 6.94. The summed E-state index contributed by atoms with van der Waals surface area (Å²) in [6, 6.07) is 0. The summed E-state index contributed by atoms with van der Waals surface area (Å²) in [5, 5.41) is 0. The van der Waals surface area contributed by atoms with Crippen LogP contribution in [-0.4, -0.2) is 11.6 Å². The molecule has 0 spiro atoms. The Morgan fingerprint density at radius 2 is 1.58 bits per heavy atom. The Kier molecular flexibility index (Phi) is 4.96. The lowest BCUT2D eigenvalue weighted by atomic mass is 9.33. The summed E-state index contributed by atoms with van der Waals surface area (Å²) < 4.78 is 0. The molecule has 7 atom stereocenters. The molecule has 0 bridgehead atoms. The zero-order valence-electron chi connectivity index (χ0n) is 22.3. The van der Waals surface area contributed by atoms with Gasteiger partial charge in [0.05, 0.1) is 0 Å². The molecule has 182 valence electrons. The van der Waals surface area contributed by atoms with Gasteiger partial charge in [-0.05, 0) is 96.0 Å². The van der Waals surface area contributed by atoms with Crippen LogP contribution in [0.4, 0.5) is 0 Å². The predicted octanol–water partition coefficient (Wildman–Crippen LogP) is 7.72. The van der Waals surface area contributed by atoms with Gasteiger partial charge in [0.2, 0.25) is 0 Å². The van der Waals surface area contributed by atoms with Crippen molar-refractivity contribution in [1.82, 2.24) is 0 Å². The molecule has 2 heteroatoms. The number of carbonyl (C=O) groups is 2. The van der Waals surface area contributed by atoms with Gasteiger partial charge in [0.25, 0.3) is 0 Å². The van der Waals surface area contributed by atoms with Crippen molar-refractivity contribution in [3.05, 3.63) is 23.8 Å². The van der Waals surface area contributed by atoms with Gasteiger partial charge in [0.15, 0.2) is 5.78 Å². The Balaban J connectivity index is 1.62. The first-order valence-electron chi connectivity index (χ1n) is 13.7. The topological polar surface area (TPSA) is 34.1 Å². The van der Waals surface area contributed by atoms with E-state index in [2.05, 4.69) is 61.1 Å². The van der Waals surface area contributed by atoms with Crippen LogP contribution in [0.25, 0.3) is 0 Å². The van der Waals surface area contributed by atoms with Gasteiger partial charge in [0.1, 0.15) is 5.78 Å². The third-order valence-corrected chi connectivity index (χ3v) is 12.6. The van der Waals surface area contributed by atoms with Crippen LogP contribution < -0.4 is 0 Å². The summed E-state index contributed by atoms with van der Waals surface area (Å²) in [6.45, 7) is 20.9. The lowest BCUT2D eigenvalue weighted by Crippen LogP contribution is -2.65. The number of hydrogen-bond donors (Lipinski definition) is 0. The van der Waals surface area contributed by atoms with Crippen LogP contribution in [0.3, 0.4) is 0 Å². The highest BCUT2D eigenvalue weighted by Gasteiger charge is 2.69. The fourth-order valence-electron chi connectivity index (χ4n) is 10.7. The van der Waals surface area contributed by atoms with E-state index < -0.39 is 0 Å². The number of hydrogen-bond acceptors (Lipinski definition) is 2. The lowest BCUT2D eigenvalue weighted by Gasteiger charge is -2.71. The van der Waals surface area contributed by atoms with Gasteiger partial charge in [-0.3, -0.25) is 9.59 Å². The molecule has 0 aromatic carbocycles. The Hall–Kier alpha value is -1.18. The molecule has 5 aliphatic rings. The van der Waals surface area contributed by atoms with Crippen molar-refractivity contribution in [2.24, 2.45) is 50.7 Å². The summed E-state index contributed by atoms with van der Waals surface area (Å²) in [4.78, 5) is 26.2. The molecule has 33 heavy (non-hydrogen) atoms. The van der Waals surface area contributed by atoms with Gasteiger partial charge in [-0.2, -0.15) is 0 Å². The van der Waals surface area contributed by atoms with Gasteiger partial charge in [0, 0.05) is 23.7 Å². The zero-order valence-corrected chi connectivity index (χ0v) is 22.3. The highest BCUT2D eigenvalue weighted by atomic mass is 16.1. The molecule has 0 saturated heterocycles. The van der Waals surface area contributed by atoms with Crippen molar-refractivity contribution >= 4 is 11.6 Å². The largest absolute Gasteiger partial charge is 0.299 e. The molecule has 0 radical (unpaired) electrons. The fourth-order valence-corrected chi connectivity index (χ4v) is 10.7. The van der Waals surface area contributed by atoms with E-state index in [9.17, 15) is 9.59 Å². The van der Waals surface area contributed by atoms with Crippen LogP contribution in [0.2, 0.25) is 0 Å². The van der Waals surface area contributed by atoms with Gasteiger partial charge in [-0.15, -0.1) is 6.58 Å².